The molecule has 0 aliphatic carbocycles. The second-order valence-corrected chi connectivity index (χ2v) is 3.11. The molecule has 0 bridgehead atoms. The standard InChI is InChI=1S/C11H12N2O3/c1-8(14)11(13-16)12-10(15)7-9-5-3-2-4-6-9/h2-6,14,16H,1,7H2,(H,12,13,15). The fourth-order valence-corrected chi connectivity index (χ4v) is 1.11. The molecule has 0 heterocycles. The highest BCUT2D eigenvalue weighted by Gasteiger charge is 2.09. The lowest BCUT2D eigenvalue weighted by Gasteiger charge is -2.05. The summed E-state index contributed by atoms with van der Waals surface area (Å²) in [6.07, 6.45) is 0.132. The Hall–Kier alpha value is -2.30. The molecule has 0 aliphatic rings. The van der Waals surface area contributed by atoms with Crippen LogP contribution in [0.5, 0.6) is 0 Å². The lowest BCUT2D eigenvalue weighted by atomic mass is 10.1. The number of rotatable bonds is 3. The predicted molar refractivity (Wildman–Crippen MR) is 59.3 cm³/mol. The molecule has 84 valence electrons. The van der Waals surface area contributed by atoms with Crippen molar-refractivity contribution in [3.05, 3.63) is 48.2 Å². The van der Waals surface area contributed by atoms with Crippen molar-refractivity contribution < 1.29 is 15.1 Å². The second-order valence-electron chi connectivity index (χ2n) is 3.11. The highest BCUT2D eigenvalue weighted by atomic mass is 16.4. The van der Waals surface area contributed by atoms with Gasteiger partial charge in [0.05, 0.1) is 6.42 Å². The average molecular weight is 220 g/mol. The third-order valence-electron chi connectivity index (χ3n) is 1.84. The molecule has 3 N–H and O–H groups in total. The first-order valence-electron chi connectivity index (χ1n) is 4.57. The lowest BCUT2D eigenvalue weighted by molar-refractivity contribution is -0.119. The van der Waals surface area contributed by atoms with Gasteiger partial charge in [-0.1, -0.05) is 42.1 Å². The molecule has 0 atom stereocenters. The summed E-state index contributed by atoms with van der Waals surface area (Å²) in [5, 5.41) is 22.3. The normalized spacial score (nSPS) is 10.9. The van der Waals surface area contributed by atoms with E-state index in [0.29, 0.717) is 0 Å². The zero-order valence-electron chi connectivity index (χ0n) is 8.55. The molecule has 0 saturated heterocycles. The molecule has 0 unspecified atom stereocenters. The highest BCUT2D eigenvalue weighted by molar-refractivity contribution is 6.06. The van der Waals surface area contributed by atoms with E-state index in [1.807, 2.05) is 18.2 Å². The molecule has 0 spiro atoms. The highest BCUT2D eigenvalue weighted by Crippen LogP contribution is 1.99. The molecule has 0 aliphatic heterocycles. The quantitative estimate of drug-likeness (QED) is 0.235. The fraction of sp³-hybridized carbons (Fsp3) is 0.0909. The molecule has 1 rings (SSSR count). The Kier molecular flexibility index (Phi) is 4.08. The number of carbonyl (C=O) groups excluding carboxylic acids is 1. The van der Waals surface area contributed by atoms with Gasteiger partial charge in [0, 0.05) is 0 Å². The first-order chi connectivity index (χ1) is 7.63. The van der Waals surface area contributed by atoms with E-state index in [2.05, 4.69) is 17.1 Å². The van der Waals surface area contributed by atoms with Crippen LogP contribution in [0.2, 0.25) is 0 Å². The fourth-order valence-electron chi connectivity index (χ4n) is 1.11. The molecule has 1 amide bonds. The van der Waals surface area contributed by atoms with E-state index in [0.717, 1.165) is 5.56 Å². The summed E-state index contributed by atoms with van der Waals surface area (Å²) >= 11 is 0. The van der Waals surface area contributed by atoms with Gasteiger partial charge in [0.25, 0.3) is 0 Å². The zero-order valence-corrected chi connectivity index (χ0v) is 8.55. The van der Waals surface area contributed by atoms with Gasteiger partial charge in [0.1, 0.15) is 0 Å². The number of oxime groups is 1. The molecular weight excluding hydrogens is 208 g/mol. The third kappa shape index (κ3) is 3.45. The van der Waals surface area contributed by atoms with Crippen molar-refractivity contribution in [1.29, 1.82) is 0 Å². The van der Waals surface area contributed by atoms with Crippen molar-refractivity contribution >= 4 is 11.7 Å². The smallest absolute Gasteiger partial charge is 0.230 e. The van der Waals surface area contributed by atoms with Gasteiger partial charge in [-0.05, 0) is 5.56 Å². The van der Waals surface area contributed by atoms with Gasteiger partial charge >= 0.3 is 0 Å². The number of amidine groups is 1. The number of aliphatic hydroxyl groups is 1. The van der Waals surface area contributed by atoms with Gasteiger partial charge in [-0.3, -0.25) is 4.79 Å². The monoisotopic (exact) mass is 220 g/mol. The molecule has 1 aromatic rings. The van der Waals surface area contributed by atoms with E-state index in [1.54, 1.807) is 12.1 Å². The minimum absolute atomic E-state index is 0.132. The van der Waals surface area contributed by atoms with Gasteiger partial charge in [-0.25, -0.2) is 0 Å². The van der Waals surface area contributed by atoms with Crippen molar-refractivity contribution in [2.24, 2.45) is 5.16 Å². The van der Waals surface area contributed by atoms with Gasteiger partial charge in [-0.15, -0.1) is 0 Å². The van der Waals surface area contributed by atoms with E-state index < -0.39 is 11.7 Å². The Balaban J connectivity index is 2.58. The maximum Gasteiger partial charge on any atom is 0.230 e. The number of benzene rings is 1. The maximum atomic E-state index is 11.4. The van der Waals surface area contributed by atoms with Gasteiger partial charge in [0.15, 0.2) is 5.76 Å². The number of carbonyl (C=O) groups is 1. The van der Waals surface area contributed by atoms with Crippen LogP contribution in [0.3, 0.4) is 0 Å². The second kappa shape index (κ2) is 5.55. The van der Waals surface area contributed by atoms with Crippen LogP contribution in [0.1, 0.15) is 5.56 Å². The largest absolute Gasteiger partial charge is 0.505 e. The Bertz CT molecular complexity index is 412. The average Bonchev–Trinajstić information content (AvgIpc) is 2.27. The van der Waals surface area contributed by atoms with E-state index in [9.17, 15) is 4.79 Å². The van der Waals surface area contributed by atoms with Crippen LogP contribution in [0.25, 0.3) is 0 Å². The Morgan fingerprint density at radius 1 is 1.38 bits per heavy atom. The molecule has 5 heteroatoms. The number of nitrogens with one attached hydrogen (secondary N) is 1. The summed E-state index contributed by atoms with van der Waals surface area (Å²) in [6, 6.07) is 9.06. The van der Waals surface area contributed by atoms with Crippen LogP contribution in [0.15, 0.2) is 47.8 Å². The third-order valence-corrected chi connectivity index (χ3v) is 1.84. The molecule has 0 aromatic heterocycles. The van der Waals surface area contributed by atoms with Crippen LogP contribution in [-0.4, -0.2) is 22.1 Å². The van der Waals surface area contributed by atoms with Crippen LogP contribution in [0.4, 0.5) is 0 Å². The van der Waals surface area contributed by atoms with Crippen molar-refractivity contribution in [3.63, 3.8) is 0 Å². The zero-order chi connectivity index (χ0) is 12.0. The minimum atomic E-state index is -0.496. The molecule has 0 saturated carbocycles. The molecule has 0 fully saturated rings. The SMILES string of the molecule is C=C(O)/C(=N\O)NC(=O)Cc1ccccc1. The summed E-state index contributed by atoms with van der Waals surface area (Å²) in [5.41, 5.74) is 0.820. The van der Waals surface area contributed by atoms with Crippen molar-refractivity contribution in [2.45, 2.75) is 6.42 Å². The summed E-state index contributed by atoms with van der Waals surface area (Å²) in [7, 11) is 0. The first-order valence-corrected chi connectivity index (χ1v) is 4.57. The van der Waals surface area contributed by atoms with Gasteiger partial charge < -0.3 is 15.6 Å². The van der Waals surface area contributed by atoms with E-state index in [1.165, 1.54) is 0 Å². The molecule has 1 aromatic carbocycles. The molecule has 0 radical (unpaired) electrons. The van der Waals surface area contributed by atoms with Crippen molar-refractivity contribution in [2.75, 3.05) is 0 Å². The number of aliphatic hydroxyl groups excluding tert-OH is 1. The molecular formula is C11H12N2O3. The summed E-state index contributed by atoms with van der Waals surface area (Å²) in [6.45, 7) is 3.14. The van der Waals surface area contributed by atoms with Crippen LogP contribution >= 0.6 is 0 Å². The Morgan fingerprint density at radius 2 is 2.00 bits per heavy atom. The van der Waals surface area contributed by atoms with Crippen LogP contribution in [0, 0.1) is 0 Å². The Morgan fingerprint density at radius 3 is 2.50 bits per heavy atom. The summed E-state index contributed by atoms with van der Waals surface area (Å²) < 4.78 is 0. The number of hydrogen-bond donors (Lipinski definition) is 3. The minimum Gasteiger partial charge on any atom is -0.505 e. The van der Waals surface area contributed by atoms with Crippen molar-refractivity contribution in [1.82, 2.24) is 5.32 Å². The summed E-state index contributed by atoms with van der Waals surface area (Å²) in [5.74, 6) is -1.24. The lowest BCUT2D eigenvalue weighted by Crippen LogP contribution is -2.32. The van der Waals surface area contributed by atoms with Gasteiger partial charge in [-0.2, -0.15) is 0 Å². The maximum absolute atomic E-state index is 11.4. The van der Waals surface area contributed by atoms with Crippen LogP contribution < -0.4 is 5.32 Å². The topological polar surface area (TPSA) is 81.9 Å². The van der Waals surface area contributed by atoms with Gasteiger partial charge in [0.2, 0.25) is 11.7 Å². The van der Waals surface area contributed by atoms with E-state index in [4.69, 9.17) is 10.3 Å². The first kappa shape index (κ1) is 11.8. The predicted octanol–water partition coefficient (Wildman–Crippen LogP) is 1.20. The van der Waals surface area contributed by atoms with E-state index >= 15 is 0 Å². The van der Waals surface area contributed by atoms with E-state index in [-0.39, 0.29) is 12.3 Å². The molecule has 5 nitrogen and oxygen atoms in total. The molecule has 16 heavy (non-hydrogen) atoms. The number of hydrogen-bond acceptors (Lipinski definition) is 4. The summed E-state index contributed by atoms with van der Waals surface area (Å²) in [4.78, 5) is 11.4. The van der Waals surface area contributed by atoms with Crippen molar-refractivity contribution in [3.8, 4) is 0 Å². The number of amides is 1. The Labute approximate surface area is 92.7 Å². The van der Waals surface area contributed by atoms with Crippen LogP contribution in [-0.2, 0) is 11.2 Å². The number of nitrogens with zero attached hydrogens (tertiary/aromatic N) is 1.